The summed E-state index contributed by atoms with van der Waals surface area (Å²) in [6.45, 7) is 2.08. The molecule has 3 rings (SSSR count). The number of fused-ring (bicyclic) bond motifs is 1. The number of halogens is 3. The molecule has 0 saturated carbocycles. The number of alkyl halides is 1. The summed E-state index contributed by atoms with van der Waals surface area (Å²) in [5, 5.41) is 2.69. The standard InChI is InChI=1S/C18H13BrCl2/c1-11-12(7-4-8-16(11)19)18(21)15-9-10-17(20)14-6-3-2-5-13(14)15/h2-10,18H,1H3. The van der Waals surface area contributed by atoms with E-state index in [-0.39, 0.29) is 5.38 Å². The third kappa shape index (κ3) is 2.70. The summed E-state index contributed by atoms with van der Waals surface area (Å²) in [7, 11) is 0. The minimum atomic E-state index is -0.204. The van der Waals surface area contributed by atoms with Gasteiger partial charge in [0, 0.05) is 14.9 Å². The molecular formula is C18H13BrCl2. The van der Waals surface area contributed by atoms with Gasteiger partial charge >= 0.3 is 0 Å². The van der Waals surface area contributed by atoms with Crippen LogP contribution in [0, 0.1) is 6.92 Å². The monoisotopic (exact) mass is 378 g/mol. The SMILES string of the molecule is Cc1c(Br)cccc1C(Cl)c1ccc(Cl)c2ccccc12. The van der Waals surface area contributed by atoms with Crippen LogP contribution in [-0.4, -0.2) is 0 Å². The molecule has 0 aliphatic rings. The van der Waals surface area contributed by atoms with Crippen molar-refractivity contribution in [3.63, 3.8) is 0 Å². The van der Waals surface area contributed by atoms with Gasteiger partial charge in [-0.3, -0.25) is 0 Å². The van der Waals surface area contributed by atoms with Gasteiger partial charge in [-0.15, -0.1) is 11.6 Å². The Labute approximate surface area is 142 Å². The second-order valence-corrected chi connectivity index (χ2v) is 6.70. The van der Waals surface area contributed by atoms with Crippen LogP contribution in [0.15, 0.2) is 59.1 Å². The van der Waals surface area contributed by atoms with Crippen molar-refractivity contribution in [2.45, 2.75) is 12.3 Å². The van der Waals surface area contributed by atoms with Crippen LogP contribution < -0.4 is 0 Å². The highest BCUT2D eigenvalue weighted by Gasteiger charge is 2.17. The molecule has 21 heavy (non-hydrogen) atoms. The Morgan fingerprint density at radius 2 is 1.57 bits per heavy atom. The lowest BCUT2D eigenvalue weighted by Crippen LogP contribution is -1.98. The van der Waals surface area contributed by atoms with Crippen LogP contribution in [-0.2, 0) is 0 Å². The Bertz CT molecular complexity index is 811. The first kappa shape index (κ1) is 14.9. The van der Waals surface area contributed by atoms with Crippen LogP contribution in [0.3, 0.4) is 0 Å². The van der Waals surface area contributed by atoms with Gasteiger partial charge in [-0.25, -0.2) is 0 Å². The first-order chi connectivity index (χ1) is 10.1. The molecule has 0 saturated heterocycles. The fourth-order valence-electron chi connectivity index (χ4n) is 2.57. The number of benzene rings is 3. The molecule has 0 radical (unpaired) electrons. The molecule has 1 unspecified atom stereocenters. The van der Waals surface area contributed by atoms with Crippen LogP contribution in [0.1, 0.15) is 22.1 Å². The van der Waals surface area contributed by atoms with E-state index >= 15 is 0 Å². The third-order valence-electron chi connectivity index (χ3n) is 3.76. The molecule has 0 aliphatic carbocycles. The van der Waals surface area contributed by atoms with Crippen molar-refractivity contribution in [3.05, 3.63) is 80.8 Å². The predicted octanol–water partition coefficient (Wildman–Crippen LogP) is 6.89. The fraction of sp³-hybridized carbons (Fsp3) is 0.111. The molecular weight excluding hydrogens is 367 g/mol. The van der Waals surface area contributed by atoms with E-state index in [1.807, 2.05) is 42.5 Å². The molecule has 0 heterocycles. The lowest BCUT2D eigenvalue weighted by Gasteiger charge is -2.17. The van der Waals surface area contributed by atoms with Crippen molar-refractivity contribution in [1.29, 1.82) is 0 Å². The first-order valence-electron chi connectivity index (χ1n) is 6.66. The largest absolute Gasteiger partial charge is 0.113 e. The zero-order chi connectivity index (χ0) is 15.0. The van der Waals surface area contributed by atoms with E-state index in [2.05, 4.69) is 35.0 Å². The third-order valence-corrected chi connectivity index (χ3v) is 5.42. The van der Waals surface area contributed by atoms with Gasteiger partial charge in [-0.2, -0.15) is 0 Å². The molecule has 0 bridgehead atoms. The summed E-state index contributed by atoms with van der Waals surface area (Å²) in [4.78, 5) is 0. The average Bonchev–Trinajstić information content (AvgIpc) is 2.50. The summed E-state index contributed by atoms with van der Waals surface area (Å²) < 4.78 is 1.07. The molecule has 106 valence electrons. The van der Waals surface area contributed by atoms with E-state index in [4.69, 9.17) is 23.2 Å². The van der Waals surface area contributed by atoms with E-state index < -0.39 is 0 Å². The highest BCUT2D eigenvalue weighted by atomic mass is 79.9. The van der Waals surface area contributed by atoms with Crippen LogP contribution in [0.5, 0.6) is 0 Å². The van der Waals surface area contributed by atoms with Crippen molar-refractivity contribution < 1.29 is 0 Å². The quantitative estimate of drug-likeness (QED) is 0.425. The maximum absolute atomic E-state index is 6.78. The topological polar surface area (TPSA) is 0 Å². The highest BCUT2D eigenvalue weighted by molar-refractivity contribution is 9.10. The highest BCUT2D eigenvalue weighted by Crippen LogP contribution is 2.38. The summed E-state index contributed by atoms with van der Waals surface area (Å²) in [5.74, 6) is 0. The molecule has 0 N–H and O–H groups in total. The fourth-order valence-corrected chi connectivity index (χ4v) is 3.61. The maximum atomic E-state index is 6.78. The van der Waals surface area contributed by atoms with Crippen molar-refractivity contribution in [2.24, 2.45) is 0 Å². The van der Waals surface area contributed by atoms with Gasteiger partial charge in [-0.05, 0) is 41.1 Å². The minimum absolute atomic E-state index is 0.204. The van der Waals surface area contributed by atoms with Crippen LogP contribution in [0.4, 0.5) is 0 Å². The molecule has 0 amide bonds. The first-order valence-corrected chi connectivity index (χ1v) is 8.26. The van der Waals surface area contributed by atoms with Crippen molar-refractivity contribution in [1.82, 2.24) is 0 Å². The summed E-state index contributed by atoms with van der Waals surface area (Å²) >= 11 is 16.6. The van der Waals surface area contributed by atoms with Gasteiger partial charge in [0.2, 0.25) is 0 Å². The Morgan fingerprint density at radius 3 is 2.33 bits per heavy atom. The Kier molecular flexibility index (Phi) is 4.26. The van der Waals surface area contributed by atoms with Crippen LogP contribution in [0.25, 0.3) is 10.8 Å². The summed E-state index contributed by atoms with van der Waals surface area (Å²) in [5.41, 5.74) is 3.35. The maximum Gasteiger partial charge on any atom is 0.0844 e. The number of hydrogen-bond acceptors (Lipinski definition) is 0. The van der Waals surface area contributed by atoms with Crippen LogP contribution in [0.2, 0.25) is 5.02 Å². The predicted molar refractivity (Wildman–Crippen MR) is 95.5 cm³/mol. The van der Waals surface area contributed by atoms with Gasteiger partial charge in [-0.1, -0.05) is 70.0 Å². The average molecular weight is 380 g/mol. The van der Waals surface area contributed by atoms with E-state index in [0.717, 1.165) is 37.0 Å². The Balaban J connectivity index is 2.21. The van der Waals surface area contributed by atoms with E-state index in [1.165, 1.54) is 0 Å². The van der Waals surface area contributed by atoms with E-state index in [1.54, 1.807) is 0 Å². The molecule has 3 aromatic rings. The van der Waals surface area contributed by atoms with Crippen molar-refractivity contribution in [2.75, 3.05) is 0 Å². The molecule has 0 aliphatic heterocycles. The summed E-state index contributed by atoms with van der Waals surface area (Å²) in [6, 6.07) is 18.1. The van der Waals surface area contributed by atoms with E-state index in [0.29, 0.717) is 0 Å². The van der Waals surface area contributed by atoms with Gasteiger partial charge in [0.25, 0.3) is 0 Å². The molecule has 0 aromatic heterocycles. The lowest BCUT2D eigenvalue weighted by atomic mass is 9.95. The zero-order valence-corrected chi connectivity index (χ0v) is 14.5. The molecule has 0 fully saturated rings. The molecule has 3 aromatic carbocycles. The van der Waals surface area contributed by atoms with Crippen molar-refractivity contribution >= 4 is 49.9 Å². The van der Waals surface area contributed by atoms with Gasteiger partial charge in [0.05, 0.1) is 5.38 Å². The zero-order valence-electron chi connectivity index (χ0n) is 11.4. The van der Waals surface area contributed by atoms with Crippen molar-refractivity contribution in [3.8, 4) is 0 Å². The second kappa shape index (κ2) is 6.00. The molecule has 3 heteroatoms. The van der Waals surface area contributed by atoms with E-state index in [9.17, 15) is 0 Å². The number of hydrogen-bond donors (Lipinski definition) is 0. The molecule has 0 nitrogen and oxygen atoms in total. The lowest BCUT2D eigenvalue weighted by molar-refractivity contribution is 1.12. The van der Waals surface area contributed by atoms with Gasteiger partial charge < -0.3 is 0 Å². The molecule has 0 spiro atoms. The number of rotatable bonds is 2. The smallest absolute Gasteiger partial charge is 0.0844 e. The minimum Gasteiger partial charge on any atom is -0.113 e. The normalized spacial score (nSPS) is 12.6. The van der Waals surface area contributed by atoms with Gasteiger partial charge in [0.15, 0.2) is 0 Å². The summed E-state index contributed by atoms with van der Waals surface area (Å²) in [6.07, 6.45) is 0. The van der Waals surface area contributed by atoms with Gasteiger partial charge in [0.1, 0.15) is 0 Å². The Hall–Kier alpha value is -1.02. The second-order valence-electron chi connectivity index (χ2n) is 5.00. The Morgan fingerprint density at radius 1 is 0.857 bits per heavy atom. The molecule has 1 atom stereocenters. The van der Waals surface area contributed by atoms with Crippen LogP contribution >= 0.6 is 39.1 Å².